The highest BCUT2D eigenvalue weighted by Gasteiger charge is 2.26. The number of aryl methyl sites for hydroxylation is 2. The van der Waals surface area contributed by atoms with Crippen LogP contribution in [0.4, 0.5) is 4.79 Å². The third-order valence-corrected chi connectivity index (χ3v) is 5.58. The van der Waals surface area contributed by atoms with E-state index in [0.717, 1.165) is 43.6 Å². The Morgan fingerprint density at radius 3 is 2.93 bits per heavy atom. The summed E-state index contributed by atoms with van der Waals surface area (Å²) in [6, 6.07) is 10.3. The van der Waals surface area contributed by atoms with E-state index in [1.54, 1.807) is 6.20 Å². The molecule has 29 heavy (non-hydrogen) atoms. The molecule has 1 atom stereocenters. The number of hydrogen-bond donors (Lipinski definition) is 1. The molecule has 0 radical (unpaired) electrons. The average molecular weight is 393 g/mol. The summed E-state index contributed by atoms with van der Waals surface area (Å²) in [4.78, 5) is 14.8. The molecule has 7 heteroatoms. The Balaban J connectivity index is 1.34. The van der Waals surface area contributed by atoms with E-state index in [-0.39, 0.29) is 12.1 Å². The maximum atomic E-state index is 12.8. The molecule has 1 saturated heterocycles. The van der Waals surface area contributed by atoms with Crippen molar-refractivity contribution in [3.63, 3.8) is 0 Å². The monoisotopic (exact) mass is 392 g/mol. The molecule has 0 bridgehead atoms. The van der Waals surface area contributed by atoms with Gasteiger partial charge in [-0.1, -0.05) is 18.2 Å². The minimum atomic E-state index is 0.0128. The highest BCUT2D eigenvalue weighted by Crippen LogP contribution is 2.20. The maximum Gasteiger partial charge on any atom is 0.317 e. The first-order chi connectivity index (χ1) is 14.2. The topological polar surface area (TPSA) is 68.0 Å². The van der Waals surface area contributed by atoms with Gasteiger partial charge in [0.1, 0.15) is 0 Å². The Kier molecular flexibility index (Phi) is 5.93. The predicted molar refractivity (Wildman–Crippen MR) is 112 cm³/mol. The van der Waals surface area contributed by atoms with Crippen molar-refractivity contribution in [3.8, 4) is 5.69 Å². The Labute approximate surface area is 171 Å². The van der Waals surface area contributed by atoms with Gasteiger partial charge in [-0.05, 0) is 50.3 Å². The number of likely N-dealkylation sites (tertiary alicyclic amines) is 1. The number of amides is 2. The molecule has 3 aromatic rings. The van der Waals surface area contributed by atoms with Crippen molar-refractivity contribution in [2.24, 2.45) is 0 Å². The highest BCUT2D eigenvalue weighted by atomic mass is 16.2. The molecular formula is C22H28N6O. The van der Waals surface area contributed by atoms with Gasteiger partial charge < -0.3 is 10.2 Å². The second-order valence-corrected chi connectivity index (χ2v) is 7.64. The van der Waals surface area contributed by atoms with Crippen LogP contribution in [0.3, 0.4) is 0 Å². The van der Waals surface area contributed by atoms with E-state index >= 15 is 0 Å². The smallest absolute Gasteiger partial charge is 0.317 e. The summed E-state index contributed by atoms with van der Waals surface area (Å²) in [7, 11) is 0. The van der Waals surface area contributed by atoms with Crippen molar-refractivity contribution in [3.05, 3.63) is 66.2 Å². The Morgan fingerprint density at radius 1 is 1.21 bits per heavy atom. The van der Waals surface area contributed by atoms with Crippen LogP contribution < -0.4 is 5.32 Å². The van der Waals surface area contributed by atoms with Crippen LogP contribution in [0.2, 0.25) is 0 Å². The number of urea groups is 1. The first kappa shape index (κ1) is 19.2. The predicted octanol–water partition coefficient (Wildman–Crippen LogP) is 3.53. The largest absolute Gasteiger partial charge is 0.334 e. The van der Waals surface area contributed by atoms with Crippen LogP contribution in [-0.2, 0) is 13.1 Å². The molecule has 0 saturated carbocycles. The van der Waals surface area contributed by atoms with Gasteiger partial charge >= 0.3 is 6.03 Å². The molecule has 1 aliphatic heterocycles. The number of carbonyl (C=O) groups excluding carboxylic acids is 1. The summed E-state index contributed by atoms with van der Waals surface area (Å²) in [5.41, 5.74) is 3.21. The molecule has 0 spiro atoms. The molecule has 1 aliphatic rings. The number of piperidine rings is 1. The lowest BCUT2D eigenvalue weighted by Gasteiger charge is -2.35. The van der Waals surface area contributed by atoms with Crippen molar-refractivity contribution < 1.29 is 4.79 Å². The molecule has 0 unspecified atom stereocenters. The number of para-hydroxylation sites is 1. The van der Waals surface area contributed by atoms with Gasteiger partial charge in [0.05, 0.1) is 11.9 Å². The van der Waals surface area contributed by atoms with Gasteiger partial charge in [-0.15, -0.1) is 0 Å². The Hall–Kier alpha value is -3.09. The van der Waals surface area contributed by atoms with Crippen molar-refractivity contribution in [2.45, 2.75) is 51.7 Å². The third kappa shape index (κ3) is 4.67. The summed E-state index contributed by atoms with van der Waals surface area (Å²) >= 11 is 0. The first-order valence-electron chi connectivity index (χ1n) is 10.3. The fourth-order valence-corrected chi connectivity index (χ4v) is 3.96. The van der Waals surface area contributed by atoms with Gasteiger partial charge in [-0.2, -0.15) is 10.2 Å². The lowest BCUT2D eigenvalue weighted by molar-refractivity contribution is 0.143. The fourth-order valence-electron chi connectivity index (χ4n) is 3.96. The summed E-state index contributed by atoms with van der Waals surface area (Å²) in [6.45, 7) is 4.20. The molecule has 7 nitrogen and oxygen atoms in total. The van der Waals surface area contributed by atoms with Crippen LogP contribution >= 0.6 is 0 Å². The summed E-state index contributed by atoms with van der Waals surface area (Å²) in [5, 5.41) is 11.8. The Morgan fingerprint density at radius 2 is 2.10 bits per heavy atom. The van der Waals surface area contributed by atoms with Gasteiger partial charge in [-0.25, -0.2) is 9.48 Å². The summed E-state index contributed by atoms with van der Waals surface area (Å²) in [5.74, 6) is 0. The fraction of sp³-hybridized carbons (Fsp3) is 0.409. The van der Waals surface area contributed by atoms with Crippen LogP contribution in [-0.4, -0.2) is 43.1 Å². The second-order valence-electron chi connectivity index (χ2n) is 7.64. The highest BCUT2D eigenvalue weighted by molar-refractivity contribution is 5.74. The van der Waals surface area contributed by atoms with Gasteiger partial charge in [0.25, 0.3) is 0 Å². The standard InChI is InChI=1S/C22H28N6O/c1-18-7-2-3-9-21(18)28-17-19(16-25-28)15-23-22(29)27-13-5-4-8-20(27)10-14-26-12-6-11-24-26/h2-3,6-7,9,11-12,16-17,20H,4-5,8,10,13-15H2,1H3,(H,23,29)/t20-/m0/s1. The normalized spacial score (nSPS) is 16.7. The van der Waals surface area contributed by atoms with Crippen molar-refractivity contribution in [1.29, 1.82) is 0 Å². The van der Waals surface area contributed by atoms with E-state index < -0.39 is 0 Å². The molecule has 152 valence electrons. The minimum Gasteiger partial charge on any atom is -0.334 e. The molecule has 1 aromatic carbocycles. The lowest BCUT2D eigenvalue weighted by atomic mass is 10.00. The molecule has 2 amide bonds. The van der Waals surface area contributed by atoms with E-state index in [1.807, 2.05) is 57.1 Å². The maximum absolute atomic E-state index is 12.8. The number of carbonyl (C=O) groups is 1. The van der Waals surface area contributed by atoms with Gasteiger partial charge in [0.2, 0.25) is 0 Å². The molecule has 0 aliphatic carbocycles. The number of benzene rings is 1. The van der Waals surface area contributed by atoms with E-state index in [2.05, 4.69) is 28.5 Å². The zero-order chi connectivity index (χ0) is 20.1. The van der Waals surface area contributed by atoms with Crippen molar-refractivity contribution in [1.82, 2.24) is 29.8 Å². The number of hydrogen-bond acceptors (Lipinski definition) is 3. The zero-order valence-corrected chi connectivity index (χ0v) is 16.9. The van der Waals surface area contributed by atoms with E-state index in [9.17, 15) is 4.79 Å². The molecule has 3 heterocycles. The number of rotatable bonds is 6. The van der Waals surface area contributed by atoms with E-state index in [4.69, 9.17) is 0 Å². The van der Waals surface area contributed by atoms with Crippen molar-refractivity contribution in [2.75, 3.05) is 6.54 Å². The van der Waals surface area contributed by atoms with Gasteiger partial charge in [-0.3, -0.25) is 4.68 Å². The lowest BCUT2D eigenvalue weighted by Crippen LogP contribution is -2.48. The molecule has 2 aromatic heterocycles. The molecule has 4 rings (SSSR count). The van der Waals surface area contributed by atoms with Crippen LogP contribution in [0.25, 0.3) is 5.69 Å². The third-order valence-electron chi connectivity index (χ3n) is 5.58. The second kappa shape index (κ2) is 8.94. The van der Waals surface area contributed by atoms with Crippen LogP contribution in [0.5, 0.6) is 0 Å². The molecule has 1 fully saturated rings. The molecular weight excluding hydrogens is 364 g/mol. The summed E-state index contributed by atoms with van der Waals surface area (Å²) < 4.78 is 3.80. The molecule has 1 N–H and O–H groups in total. The number of nitrogens with one attached hydrogen (secondary N) is 1. The van der Waals surface area contributed by atoms with E-state index in [0.29, 0.717) is 6.54 Å². The quantitative estimate of drug-likeness (QED) is 0.698. The van der Waals surface area contributed by atoms with Crippen molar-refractivity contribution >= 4 is 6.03 Å². The zero-order valence-electron chi connectivity index (χ0n) is 16.9. The summed E-state index contributed by atoms with van der Waals surface area (Å²) in [6.07, 6.45) is 11.8. The Bertz CT molecular complexity index is 932. The average Bonchev–Trinajstić information content (AvgIpc) is 3.43. The number of nitrogens with zero attached hydrogens (tertiary/aromatic N) is 5. The van der Waals surface area contributed by atoms with Crippen LogP contribution in [0.1, 0.15) is 36.8 Å². The van der Waals surface area contributed by atoms with Gasteiger partial charge in [0, 0.05) is 49.8 Å². The van der Waals surface area contributed by atoms with Crippen LogP contribution in [0.15, 0.2) is 55.1 Å². The van der Waals surface area contributed by atoms with Gasteiger partial charge in [0.15, 0.2) is 0 Å². The van der Waals surface area contributed by atoms with Crippen LogP contribution in [0, 0.1) is 6.92 Å². The number of aromatic nitrogens is 4. The first-order valence-corrected chi connectivity index (χ1v) is 10.3. The van der Waals surface area contributed by atoms with E-state index in [1.165, 1.54) is 12.0 Å². The minimum absolute atomic E-state index is 0.0128. The SMILES string of the molecule is Cc1ccccc1-n1cc(CNC(=O)N2CCCC[C@H]2CCn2cccn2)cn1.